The molecule has 0 unspecified atom stereocenters. The maximum atomic E-state index is 13.4. The lowest BCUT2D eigenvalue weighted by atomic mass is 10.2. The van der Waals surface area contributed by atoms with Crippen molar-refractivity contribution in [1.82, 2.24) is 19.6 Å². The standard InChI is InChI=1S/C21H22N4O2S/c1-16-8-10-21(11-9-16)28(26,27)25-14-19-6-2-4-17(23-19)12-22-13-18-5-3-7-20(15-25)24-18/h2-11,22H,12-15H2,1H3. The van der Waals surface area contributed by atoms with Gasteiger partial charge >= 0.3 is 0 Å². The van der Waals surface area contributed by atoms with Gasteiger partial charge in [-0.1, -0.05) is 29.8 Å². The van der Waals surface area contributed by atoms with Crippen molar-refractivity contribution in [2.75, 3.05) is 0 Å². The maximum Gasteiger partial charge on any atom is 0.243 e. The fraction of sp³-hybridized carbons (Fsp3) is 0.238. The molecule has 6 nitrogen and oxygen atoms in total. The Kier molecular flexibility index (Phi) is 5.21. The number of hydrogen-bond donors (Lipinski definition) is 1. The molecule has 1 aliphatic heterocycles. The molecule has 0 saturated heterocycles. The van der Waals surface area contributed by atoms with E-state index >= 15 is 0 Å². The second-order valence-electron chi connectivity index (χ2n) is 6.93. The van der Waals surface area contributed by atoms with E-state index in [0.717, 1.165) is 17.0 Å². The van der Waals surface area contributed by atoms with E-state index in [1.807, 2.05) is 55.5 Å². The highest BCUT2D eigenvalue weighted by Crippen LogP contribution is 2.21. The molecule has 0 saturated carbocycles. The molecule has 144 valence electrons. The fourth-order valence-corrected chi connectivity index (χ4v) is 4.58. The van der Waals surface area contributed by atoms with Gasteiger partial charge in [0.1, 0.15) is 0 Å². The molecule has 0 spiro atoms. The van der Waals surface area contributed by atoms with Gasteiger partial charge in [0.15, 0.2) is 0 Å². The number of pyridine rings is 2. The Morgan fingerprint density at radius 1 is 0.786 bits per heavy atom. The molecule has 0 radical (unpaired) electrons. The number of hydrogen-bond acceptors (Lipinski definition) is 5. The van der Waals surface area contributed by atoms with Crippen LogP contribution in [0.4, 0.5) is 0 Å². The third-order valence-electron chi connectivity index (χ3n) is 4.68. The van der Waals surface area contributed by atoms with Crippen LogP contribution in [0, 0.1) is 6.92 Å². The zero-order valence-electron chi connectivity index (χ0n) is 15.7. The third kappa shape index (κ3) is 4.11. The predicted octanol–water partition coefficient (Wildman–Crippen LogP) is 2.78. The number of nitrogens with zero attached hydrogens (tertiary/aromatic N) is 3. The summed E-state index contributed by atoms with van der Waals surface area (Å²) in [6.45, 7) is 3.52. The zero-order valence-corrected chi connectivity index (χ0v) is 16.5. The topological polar surface area (TPSA) is 75.2 Å². The van der Waals surface area contributed by atoms with Gasteiger partial charge in [0.2, 0.25) is 10.0 Å². The highest BCUT2D eigenvalue weighted by atomic mass is 32.2. The van der Waals surface area contributed by atoms with Crippen LogP contribution in [0.15, 0.2) is 65.6 Å². The van der Waals surface area contributed by atoms with Gasteiger partial charge in [-0.15, -0.1) is 0 Å². The average Bonchev–Trinajstić information content (AvgIpc) is 2.68. The summed E-state index contributed by atoms with van der Waals surface area (Å²) in [5.74, 6) is 0. The number of benzene rings is 1. The molecule has 4 rings (SSSR count). The summed E-state index contributed by atoms with van der Waals surface area (Å²) < 4.78 is 28.2. The van der Waals surface area contributed by atoms with Crippen molar-refractivity contribution in [2.45, 2.75) is 38.0 Å². The largest absolute Gasteiger partial charge is 0.306 e. The molecular weight excluding hydrogens is 372 g/mol. The van der Waals surface area contributed by atoms with Crippen LogP contribution in [0.25, 0.3) is 0 Å². The van der Waals surface area contributed by atoms with Crippen LogP contribution >= 0.6 is 0 Å². The van der Waals surface area contributed by atoms with Crippen LogP contribution in [0.2, 0.25) is 0 Å². The molecule has 3 heterocycles. The van der Waals surface area contributed by atoms with Crippen molar-refractivity contribution in [3.8, 4) is 0 Å². The van der Waals surface area contributed by atoms with E-state index in [1.165, 1.54) is 4.31 Å². The summed E-state index contributed by atoms with van der Waals surface area (Å²) in [7, 11) is -3.69. The molecule has 2 aromatic heterocycles. The molecule has 0 amide bonds. The van der Waals surface area contributed by atoms with Crippen molar-refractivity contribution in [1.29, 1.82) is 0 Å². The summed E-state index contributed by atoms with van der Waals surface area (Å²) in [5.41, 5.74) is 4.20. The van der Waals surface area contributed by atoms with Crippen molar-refractivity contribution in [2.24, 2.45) is 0 Å². The van der Waals surface area contributed by atoms with E-state index in [-0.39, 0.29) is 18.0 Å². The Morgan fingerprint density at radius 2 is 1.29 bits per heavy atom. The number of aryl methyl sites for hydroxylation is 1. The monoisotopic (exact) mass is 394 g/mol. The number of fused-ring (bicyclic) bond motifs is 4. The summed E-state index contributed by atoms with van der Waals surface area (Å²) >= 11 is 0. The van der Waals surface area contributed by atoms with Crippen LogP contribution in [0.1, 0.15) is 28.3 Å². The average molecular weight is 395 g/mol. The minimum Gasteiger partial charge on any atom is -0.306 e. The van der Waals surface area contributed by atoms with Gasteiger partial charge in [0, 0.05) is 13.1 Å². The lowest BCUT2D eigenvalue weighted by Crippen LogP contribution is -2.31. The Labute approximate surface area is 165 Å². The van der Waals surface area contributed by atoms with E-state index in [9.17, 15) is 8.42 Å². The fourth-order valence-electron chi connectivity index (χ4n) is 3.20. The number of nitrogens with one attached hydrogen (secondary N) is 1. The lowest BCUT2D eigenvalue weighted by Gasteiger charge is -2.23. The Bertz CT molecular complexity index is 1030. The van der Waals surface area contributed by atoms with E-state index in [1.54, 1.807) is 12.1 Å². The minimum absolute atomic E-state index is 0.190. The van der Waals surface area contributed by atoms with Gasteiger partial charge in [0.25, 0.3) is 0 Å². The first-order valence-corrected chi connectivity index (χ1v) is 10.6. The lowest BCUT2D eigenvalue weighted by molar-refractivity contribution is 0.391. The van der Waals surface area contributed by atoms with Crippen molar-refractivity contribution >= 4 is 10.0 Å². The number of sulfonamides is 1. The van der Waals surface area contributed by atoms with Gasteiger partial charge in [-0.2, -0.15) is 4.31 Å². The molecule has 0 aliphatic carbocycles. The number of aromatic nitrogens is 2. The predicted molar refractivity (Wildman–Crippen MR) is 107 cm³/mol. The van der Waals surface area contributed by atoms with Gasteiger partial charge in [-0.05, 0) is 43.3 Å². The van der Waals surface area contributed by atoms with Gasteiger partial charge in [-0.3, -0.25) is 9.97 Å². The first-order valence-electron chi connectivity index (χ1n) is 9.18. The first-order chi connectivity index (χ1) is 13.5. The van der Waals surface area contributed by atoms with Crippen molar-refractivity contribution in [3.63, 3.8) is 0 Å². The second-order valence-corrected chi connectivity index (χ2v) is 8.87. The molecule has 7 heteroatoms. The smallest absolute Gasteiger partial charge is 0.243 e. The van der Waals surface area contributed by atoms with Crippen LogP contribution in [0.5, 0.6) is 0 Å². The van der Waals surface area contributed by atoms with Crippen molar-refractivity contribution < 1.29 is 8.42 Å². The summed E-state index contributed by atoms with van der Waals surface area (Å²) in [6.07, 6.45) is 0. The van der Waals surface area contributed by atoms with Crippen LogP contribution < -0.4 is 5.32 Å². The Balaban J connectivity index is 1.77. The highest BCUT2D eigenvalue weighted by molar-refractivity contribution is 7.89. The maximum absolute atomic E-state index is 13.4. The summed E-state index contributed by atoms with van der Waals surface area (Å²) in [5, 5.41) is 3.34. The van der Waals surface area contributed by atoms with Gasteiger partial charge < -0.3 is 5.32 Å². The molecule has 0 fully saturated rings. The van der Waals surface area contributed by atoms with Crippen LogP contribution in [-0.4, -0.2) is 22.7 Å². The number of rotatable bonds is 2. The normalized spacial score (nSPS) is 15.5. The van der Waals surface area contributed by atoms with E-state index in [2.05, 4.69) is 15.3 Å². The first kappa shape index (κ1) is 18.7. The van der Waals surface area contributed by atoms with E-state index in [0.29, 0.717) is 24.5 Å². The summed E-state index contributed by atoms with van der Waals surface area (Å²) in [4.78, 5) is 9.53. The van der Waals surface area contributed by atoms with Crippen LogP contribution in [-0.2, 0) is 36.2 Å². The van der Waals surface area contributed by atoms with E-state index < -0.39 is 10.0 Å². The highest BCUT2D eigenvalue weighted by Gasteiger charge is 2.26. The van der Waals surface area contributed by atoms with Crippen molar-refractivity contribution in [3.05, 3.63) is 89.0 Å². The molecule has 1 aromatic carbocycles. The zero-order chi connectivity index (χ0) is 19.6. The van der Waals surface area contributed by atoms with Crippen LogP contribution in [0.3, 0.4) is 0 Å². The summed E-state index contributed by atoms with van der Waals surface area (Å²) in [6, 6.07) is 18.3. The van der Waals surface area contributed by atoms with Gasteiger partial charge in [0.05, 0.1) is 40.8 Å². The third-order valence-corrected chi connectivity index (χ3v) is 6.48. The molecule has 1 aliphatic rings. The minimum atomic E-state index is -3.69. The van der Waals surface area contributed by atoms with Gasteiger partial charge in [-0.25, -0.2) is 8.42 Å². The van der Waals surface area contributed by atoms with E-state index in [4.69, 9.17) is 0 Å². The molecule has 4 bridgehead atoms. The SMILES string of the molecule is Cc1ccc(S(=O)(=O)N2Cc3cccc(n3)CNCc3cccc(n3)C2)cc1. The molecule has 3 aromatic rings. The molecular formula is C21H22N4O2S. The molecule has 28 heavy (non-hydrogen) atoms. The second kappa shape index (κ2) is 7.79. The molecule has 0 atom stereocenters. The Morgan fingerprint density at radius 3 is 1.82 bits per heavy atom. The Hall–Kier alpha value is -2.61. The quantitative estimate of drug-likeness (QED) is 0.723. The molecule has 1 N–H and O–H groups in total.